The zero-order valence-electron chi connectivity index (χ0n) is 17.8. The van der Waals surface area contributed by atoms with Gasteiger partial charge in [-0.15, -0.1) is 0 Å². The first kappa shape index (κ1) is 21.4. The van der Waals surface area contributed by atoms with Crippen molar-refractivity contribution in [2.24, 2.45) is 11.0 Å². The van der Waals surface area contributed by atoms with Crippen molar-refractivity contribution >= 4 is 28.8 Å². The molecule has 1 heterocycles. The van der Waals surface area contributed by atoms with Crippen LogP contribution < -0.4 is 10.7 Å². The van der Waals surface area contributed by atoms with E-state index in [1.54, 1.807) is 12.1 Å². The summed E-state index contributed by atoms with van der Waals surface area (Å²) in [6, 6.07) is 14.2. The van der Waals surface area contributed by atoms with Gasteiger partial charge in [-0.2, -0.15) is 5.10 Å². The topological polar surface area (TPSA) is 114 Å². The van der Waals surface area contributed by atoms with Gasteiger partial charge in [0.15, 0.2) is 5.78 Å². The smallest absolute Gasteiger partial charge is 0.269 e. The minimum absolute atomic E-state index is 0.0208. The molecule has 1 aliphatic carbocycles. The van der Waals surface area contributed by atoms with E-state index in [-0.39, 0.29) is 23.3 Å². The molecular weight excluding hydrogens is 408 g/mol. The van der Waals surface area contributed by atoms with E-state index in [1.165, 1.54) is 12.1 Å². The number of allylic oxidation sites excluding steroid dienone is 2. The van der Waals surface area contributed by atoms with Crippen molar-refractivity contribution in [3.63, 3.8) is 0 Å². The molecule has 2 aliphatic rings. The third-order valence-corrected chi connectivity index (χ3v) is 5.77. The quantitative estimate of drug-likeness (QED) is 0.527. The molecule has 164 valence electrons. The van der Waals surface area contributed by atoms with Crippen molar-refractivity contribution in [3.05, 3.63) is 81.0 Å². The van der Waals surface area contributed by atoms with E-state index >= 15 is 0 Å². The summed E-state index contributed by atoms with van der Waals surface area (Å²) >= 11 is 0. The maximum Gasteiger partial charge on any atom is 0.269 e. The summed E-state index contributed by atoms with van der Waals surface area (Å²) < 4.78 is 0. The lowest BCUT2D eigenvalue weighted by Gasteiger charge is -2.22. The van der Waals surface area contributed by atoms with Crippen molar-refractivity contribution in [1.29, 1.82) is 0 Å². The Bertz CT molecular complexity index is 1130. The molecule has 0 bridgehead atoms. The molecule has 2 aromatic rings. The maximum atomic E-state index is 12.7. The number of carbonyl (C=O) groups is 2. The number of rotatable bonds is 6. The van der Waals surface area contributed by atoms with Gasteiger partial charge in [-0.3, -0.25) is 19.7 Å². The van der Waals surface area contributed by atoms with Crippen molar-refractivity contribution < 1.29 is 14.5 Å². The van der Waals surface area contributed by atoms with Crippen molar-refractivity contribution in [1.82, 2.24) is 5.43 Å². The van der Waals surface area contributed by atoms with Crippen LogP contribution in [0.1, 0.15) is 43.7 Å². The Morgan fingerprint density at radius 2 is 1.94 bits per heavy atom. The number of ketones is 1. The number of benzene rings is 2. The minimum Gasteiger partial charge on any atom is -0.359 e. The van der Waals surface area contributed by atoms with Gasteiger partial charge in [0, 0.05) is 54.3 Å². The van der Waals surface area contributed by atoms with Gasteiger partial charge < -0.3 is 5.32 Å². The van der Waals surface area contributed by atoms with Gasteiger partial charge in [-0.05, 0) is 36.1 Å². The van der Waals surface area contributed by atoms with E-state index in [2.05, 4.69) is 15.8 Å². The predicted octanol–water partition coefficient (Wildman–Crippen LogP) is 4.12. The molecular formula is C24H24N4O4. The highest BCUT2D eigenvalue weighted by molar-refractivity contribution is 6.05. The first-order valence-electron chi connectivity index (χ1n) is 10.6. The molecule has 0 radical (unpaired) electrons. The SMILES string of the molecule is CC1CC(=O)NN=C1c1ccc(NC2=C(Cc3cccc([N+](=O)[O-])c3)C(=O)CCC2)cc1. The number of nitro benzene ring substituents is 1. The summed E-state index contributed by atoms with van der Waals surface area (Å²) in [4.78, 5) is 34.8. The summed E-state index contributed by atoms with van der Waals surface area (Å²) in [7, 11) is 0. The van der Waals surface area contributed by atoms with E-state index in [0.29, 0.717) is 24.8 Å². The molecule has 0 spiro atoms. The number of anilines is 1. The van der Waals surface area contributed by atoms with Crippen LogP contribution in [0.4, 0.5) is 11.4 Å². The largest absolute Gasteiger partial charge is 0.359 e. The van der Waals surface area contributed by atoms with Gasteiger partial charge in [-0.1, -0.05) is 31.2 Å². The standard InChI is InChI=1S/C24H24N4O4/c1-15-12-23(30)26-27-24(15)17-8-10-18(11-9-17)25-21-6-3-7-22(29)20(21)14-16-4-2-5-19(13-16)28(31)32/h2,4-5,8-11,13,15,25H,3,6-7,12,14H2,1H3,(H,26,30). The molecule has 32 heavy (non-hydrogen) atoms. The molecule has 2 N–H and O–H groups in total. The van der Waals surface area contributed by atoms with Gasteiger partial charge >= 0.3 is 0 Å². The summed E-state index contributed by atoms with van der Waals surface area (Å²) in [5.74, 6) is 0.0375. The molecule has 0 aromatic heterocycles. The number of hydrazone groups is 1. The van der Waals surface area contributed by atoms with Crippen molar-refractivity contribution in [2.75, 3.05) is 5.32 Å². The number of amides is 1. The summed E-state index contributed by atoms with van der Waals surface area (Å²) in [5, 5.41) is 18.7. The third kappa shape index (κ3) is 4.74. The van der Waals surface area contributed by atoms with Crippen molar-refractivity contribution in [3.8, 4) is 0 Å². The zero-order valence-corrected chi connectivity index (χ0v) is 17.8. The van der Waals surface area contributed by atoms with Crippen LogP contribution in [0.15, 0.2) is 64.9 Å². The minimum atomic E-state index is -0.426. The van der Waals surface area contributed by atoms with E-state index in [9.17, 15) is 19.7 Å². The van der Waals surface area contributed by atoms with E-state index in [0.717, 1.165) is 41.1 Å². The zero-order chi connectivity index (χ0) is 22.7. The van der Waals surface area contributed by atoms with Crippen LogP contribution in [0.3, 0.4) is 0 Å². The molecule has 0 saturated heterocycles. The van der Waals surface area contributed by atoms with Crippen LogP contribution in [0.2, 0.25) is 0 Å². The number of nitro groups is 1. The molecule has 0 fully saturated rings. The number of hydrogen-bond donors (Lipinski definition) is 2. The summed E-state index contributed by atoms with van der Waals surface area (Å²) in [5.41, 5.74) is 7.46. The maximum absolute atomic E-state index is 12.7. The van der Waals surface area contributed by atoms with Crippen LogP contribution in [0, 0.1) is 16.0 Å². The van der Waals surface area contributed by atoms with E-state index in [1.807, 2.05) is 31.2 Å². The van der Waals surface area contributed by atoms with Crippen LogP contribution in [0.25, 0.3) is 0 Å². The lowest BCUT2D eigenvalue weighted by atomic mass is 9.90. The first-order valence-corrected chi connectivity index (χ1v) is 10.6. The molecule has 8 nitrogen and oxygen atoms in total. The predicted molar refractivity (Wildman–Crippen MR) is 121 cm³/mol. The van der Waals surface area contributed by atoms with Crippen LogP contribution in [-0.2, 0) is 16.0 Å². The highest BCUT2D eigenvalue weighted by Gasteiger charge is 2.23. The van der Waals surface area contributed by atoms with E-state index in [4.69, 9.17) is 0 Å². The van der Waals surface area contributed by atoms with Gasteiger partial charge in [0.1, 0.15) is 0 Å². The lowest BCUT2D eigenvalue weighted by molar-refractivity contribution is -0.384. The number of carbonyl (C=O) groups excluding carboxylic acids is 2. The van der Waals surface area contributed by atoms with Gasteiger partial charge in [0.2, 0.25) is 5.91 Å². The van der Waals surface area contributed by atoms with E-state index < -0.39 is 4.92 Å². The number of nitrogens with zero attached hydrogens (tertiary/aromatic N) is 2. The second kappa shape index (κ2) is 9.13. The summed E-state index contributed by atoms with van der Waals surface area (Å²) in [6.07, 6.45) is 2.76. The molecule has 1 amide bonds. The molecule has 2 aromatic carbocycles. The molecule has 4 rings (SSSR count). The average Bonchev–Trinajstić information content (AvgIpc) is 2.77. The summed E-state index contributed by atoms with van der Waals surface area (Å²) in [6.45, 7) is 1.97. The molecule has 0 saturated carbocycles. The molecule has 1 aliphatic heterocycles. The van der Waals surface area contributed by atoms with Crippen LogP contribution in [-0.4, -0.2) is 22.3 Å². The Morgan fingerprint density at radius 3 is 2.66 bits per heavy atom. The fraction of sp³-hybridized carbons (Fsp3) is 0.292. The highest BCUT2D eigenvalue weighted by Crippen LogP contribution is 2.28. The Morgan fingerprint density at radius 1 is 1.16 bits per heavy atom. The monoisotopic (exact) mass is 432 g/mol. The average molecular weight is 432 g/mol. The Balaban J connectivity index is 1.56. The number of non-ortho nitro benzene ring substituents is 1. The second-order valence-electron chi connectivity index (χ2n) is 8.18. The normalized spacial score (nSPS) is 18.8. The van der Waals surface area contributed by atoms with Gasteiger partial charge in [0.25, 0.3) is 5.69 Å². The van der Waals surface area contributed by atoms with Gasteiger partial charge in [0.05, 0.1) is 10.6 Å². The lowest BCUT2D eigenvalue weighted by Crippen LogP contribution is -2.31. The Hall–Kier alpha value is -3.81. The highest BCUT2D eigenvalue weighted by atomic mass is 16.6. The fourth-order valence-corrected chi connectivity index (χ4v) is 4.12. The Labute approximate surface area is 185 Å². The van der Waals surface area contributed by atoms with Gasteiger partial charge in [-0.25, -0.2) is 5.43 Å². The molecule has 1 atom stereocenters. The number of Topliss-reactive ketones (excluding diaryl/α,β-unsaturated/α-hetero) is 1. The molecule has 8 heteroatoms. The van der Waals surface area contributed by atoms with Crippen LogP contribution >= 0.6 is 0 Å². The fourth-order valence-electron chi connectivity index (χ4n) is 4.12. The molecule has 1 unspecified atom stereocenters. The second-order valence-corrected chi connectivity index (χ2v) is 8.18. The van der Waals surface area contributed by atoms with Crippen LogP contribution in [0.5, 0.6) is 0 Å². The third-order valence-electron chi connectivity index (χ3n) is 5.77. The Kier molecular flexibility index (Phi) is 6.11. The van der Waals surface area contributed by atoms with Crippen molar-refractivity contribution in [2.45, 2.75) is 39.0 Å². The first-order chi connectivity index (χ1) is 15.4. The number of nitrogens with one attached hydrogen (secondary N) is 2. The number of hydrogen-bond acceptors (Lipinski definition) is 6.